The van der Waals surface area contributed by atoms with E-state index in [-0.39, 0.29) is 33.8 Å². The molecule has 144 valence electrons. The van der Waals surface area contributed by atoms with E-state index >= 15 is 0 Å². The molecule has 0 saturated carbocycles. The molecule has 28 heavy (non-hydrogen) atoms. The first-order chi connectivity index (χ1) is 13.3. The van der Waals surface area contributed by atoms with Crippen LogP contribution in [0.3, 0.4) is 0 Å². The number of nitro benzene ring substituents is 1. The summed E-state index contributed by atoms with van der Waals surface area (Å²) in [5.41, 5.74) is 2.01. The number of nitrogens with one attached hydrogen (secondary N) is 1. The first kappa shape index (κ1) is 19.3. The van der Waals surface area contributed by atoms with Crippen LogP contribution in [0.4, 0.5) is 5.69 Å². The average Bonchev–Trinajstić information content (AvgIpc) is 2.66. The summed E-state index contributed by atoms with van der Waals surface area (Å²) in [6.07, 6.45) is 1.46. The van der Waals surface area contributed by atoms with Gasteiger partial charge in [0.2, 0.25) is 5.91 Å². The molecule has 0 saturated heterocycles. The van der Waals surface area contributed by atoms with Crippen molar-refractivity contribution < 1.29 is 14.8 Å². The van der Waals surface area contributed by atoms with Gasteiger partial charge in [-0.15, -0.1) is 0 Å². The number of nitrogens with zero attached hydrogens (tertiary/aromatic N) is 2. The normalized spacial score (nSPS) is 12.1. The minimum atomic E-state index is -0.746. The number of hydrogen-bond acceptors (Lipinski definition) is 5. The number of phenolic OH excluding ortho intramolecular Hbond substituents is 1. The molecule has 1 amide bonds. The quantitative estimate of drug-likeness (QED) is 0.511. The van der Waals surface area contributed by atoms with Gasteiger partial charge < -0.3 is 10.4 Å². The van der Waals surface area contributed by atoms with Crippen molar-refractivity contribution in [3.05, 3.63) is 75.5 Å². The SMILES string of the molecule is CC(=O)NC(c1ccc(C(C)C)cc1)c1cc([N+](=O)[O-])c2cccnc2c1O. The molecule has 1 atom stereocenters. The molecule has 0 aliphatic heterocycles. The number of benzene rings is 2. The zero-order chi connectivity index (χ0) is 20.4. The number of nitro groups is 1. The molecule has 3 aromatic rings. The van der Waals surface area contributed by atoms with Crippen LogP contribution in [0.15, 0.2) is 48.7 Å². The lowest BCUT2D eigenvalue weighted by Gasteiger charge is -2.21. The fourth-order valence-corrected chi connectivity index (χ4v) is 3.22. The molecule has 1 aromatic heterocycles. The number of aromatic nitrogens is 1. The van der Waals surface area contributed by atoms with Crippen LogP contribution in [0, 0.1) is 10.1 Å². The van der Waals surface area contributed by atoms with E-state index in [1.807, 2.05) is 24.3 Å². The number of phenols is 1. The number of non-ortho nitro benzene ring substituents is 1. The van der Waals surface area contributed by atoms with Crippen molar-refractivity contribution in [1.29, 1.82) is 0 Å². The highest BCUT2D eigenvalue weighted by atomic mass is 16.6. The second kappa shape index (κ2) is 7.64. The van der Waals surface area contributed by atoms with Gasteiger partial charge in [0.15, 0.2) is 0 Å². The highest BCUT2D eigenvalue weighted by Gasteiger charge is 2.26. The van der Waals surface area contributed by atoms with Gasteiger partial charge in [0, 0.05) is 24.8 Å². The molecule has 0 bridgehead atoms. The van der Waals surface area contributed by atoms with Crippen LogP contribution in [0.1, 0.15) is 49.4 Å². The molecule has 3 rings (SSSR count). The molecule has 0 aliphatic rings. The molecule has 0 fully saturated rings. The summed E-state index contributed by atoms with van der Waals surface area (Å²) in [5.74, 6) is -0.165. The highest BCUT2D eigenvalue weighted by molar-refractivity contribution is 5.93. The highest BCUT2D eigenvalue weighted by Crippen LogP contribution is 2.39. The Bertz CT molecular complexity index is 1050. The third kappa shape index (κ3) is 3.64. The number of carbonyl (C=O) groups excluding carboxylic acids is 1. The van der Waals surface area contributed by atoms with E-state index in [0.29, 0.717) is 11.5 Å². The lowest BCUT2D eigenvalue weighted by atomic mass is 9.93. The van der Waals surface area contributed by atoms with Crippen LogP contribution >= 0.6 is 0 Å². The molecule has 7 heteroatoms. The van der Waals surface area contributed by atoms with E-state index in [1.165, 1.54) is 25.3 Å². The predicted octanol–water partition coefficient (Wildman–Crippen LogP) is 4.20. The van der Waals surface area contributed by atoms with E-state index in [9.17, 15) is 20.0 Å². The number of amides is 1. The molecule has 0 aliphatic carbocycles. The van der Waals surface area contributed by atoms with Gasteiger partial charge in [0.1, 0.15) is 11.3 Å². The van der Waals surface area contributed by atoms with Crippen molar-refractivity contribution in [2.45, 2.75) is 32.7 Å². The fourth-order valence-electron chi connectivity index (χ4n) is 3.22. The van der Waals surface area contributed by atoms with Gasteiger partial charge in [-0.1, -0.05) is 38.1 Å². The summed E-state index contributed by atoms with van der Waals surface area (Å²) in [4.78, 5) is 27.0. The van der Waals surface area contributed by atoms with Crippen molar-refractivity contribution in [3.8, 4) is 5.75 Å². The Labute approximate surface area is 162 Å². The summed E-state index contributed by atoms with van der Waals surface area (Å²) in [7, 11) is 0. The van der Waals surface area contributed by atoms with Crippen molar-refractivity contribution in [1.82, 2.24) is 10.3 Å². The summed E-state index contributed by atoms with van der Waals surface area (Å²) >= 11 is 0. The third-order valence-electron chi connectivity index (χ3n) is 4.67. The fraction of sp³-hybridized carbons (Fsp3) is 0.238. The Hall–Kier alpha value is -3.48. The average molecular weight is 379 g/mol. The summed E-state index contributed by atoms with van der Waals surface area (Å²) in [6, 6.07) is 11.3. The smallest absolute Gasteiger partial charge is 0.279 e. The first-order valence-electron chi connectivity index (χ1n) is 8.91. The Balaban J connectivity index is 2.23. The second-order valence-electron chi connectivity index (χ2n) is 6.95. The standard InChI is InChI=1S/C21H21N3O4/c1-12(2)14-6-8-15(9-7-14)19(23-13(3)25)17-11-18(24(27)28)16-5-4-10-22-20(16)21(17)26/h4-12,19,26H,1-3H3,(H,23,25). The van der Waals surface area contributed by atoms with E-state index < -0.39 is 11.0 Å². The van der Waals surface area contributed by atoms with Crippen molar-refractivity contribution in [3.63, 3.8) is 0 Å². The maximum atomic E-state index is 11.8. The lowest BCUT2D eigenvalue weighted by molar-refractivity contribution is -0.383. The van der Waals surface area contributed by atoms with E-state index in [1.54, 1.807) is 6.07 Å². The Morgan fingerprint density at radius 1 is 1.18 bits per heavy atom. The van der Waals surface area contributed by atoms with Crippen LogP contribution < -0.4 is 5.32 Å². The zero-order valence-electron chi connectivity index (χ0n) is 15.8. The predicted molar refractivity (Wildman–Crippen MR) is 106 cm³/mol. The molecular formula is C21H21N3O4. The van der Waals surface area contributed by atoms with Gasteiger partial charge in [0.25, 0.3) is 5.69 Å². The summed E-state index contributed by atoms with van der Waals surface area (Å²) < 4.78 is 0. The maximum Gasteiger partial charge on any atom is 0.279 e. The van der Waals surface area contributed by atoms with Crippen LogP contribution in [-0.2, 0) is 4.79 Å². The zero-order valence-corrected chi connectivity index (χ0v) is 15.8. The molecule has 2 aromatic carbocycles. The molecule has 2 N–H and O–H groups in total. The molecule has 0 radical (unpaired) electrons. The van der Waals surface area contributed by atoms with Gasteiger partial charge >= 0.3 is 0 Å². The van der Waals surface area contributed by atoms with E-state index in [2.05, 4.69) is 24.1 Å². The third-order valence-corrected chi connectivity index (χ3v) is 4.67. The monoisotopic (exact) mass is 379 g/mol. The molecular weight excluding hydrogens is 358 g/mol. The van der Waals surface area contributed by atoms with Crippen molar-refractivity contribution in [2.24, 2.45) is 0 Å². The van der Waals surface area contributed by atoms with Gasteiger partial charge in [-0.2, -0.15) is 0 Å². The van der Waals surface area contributed by atoms with Gasteiger partial charge in [-0.25, -0.2) is 0 Å². The second-order valence-corrected chi connectivity index (χ2v) is 6.95. The Kier molecular flexibility index (Phi) is 5.26. The van der Waals surface area contributed by atoms with E-state index in [0.717, 1.165) is 5.56 Å². The van der Waals surface area contributed by atoms with Crippen LogP contribution in [0.2, 0.25) is 0 Å². The van der Waals surface area contributed by atoms with Crippen molar-refractivity contribution >= 4 is 22.5 Å². The van der Waals surface area contributed by atoms with Gasteiger partial charge in [-0.3, -0.25) is 19.9 Å². The van der Waals surface area contributed by atoms with Crippen LogP contribution in [0.5, 0.6) is 5.75 Å². The minimum absolute atomic E-state index is 0.126. The number of carbonyl (C=O) groups is 1. The largest absolute Gasteiger partial charge is 0.505 e. The Morgan fingerprint density at radius 3 is 2.39 bits per heavy atom. The van der Waals surface area contributed by atoms with Crippen molar-refractivity contribution in [2.75, 3.05) is 0 Å². The number of hydrogen-bond donors (Lipinski definition) is 2. The van der Waals surface area contributed by atoms with E-state index in [4.69, 9.17) is 0 Å². The molecule has 7 nitrogen and oxygen atoms in total. The Morgan fingerprint density at radius 2 is 1.82 bits per heavy atom. The van der Waals surface area contributed by atoms with Crippen LogP contribution in [0.25, 0.3) is 10.9 Å². The topological polar surface area (TPSA) is 105 Å². The number of aromatic hydroxyl groups is 1. The maximum absolute atomic E-state index is 11.8. The molecule has 0 spiro atoms. The summed E-state index contributed by atoms with van der Waals surface area (Å²) in [5, 5.41) is 25.4. The van der Waals surface area contributed by atoms with Gasteiger partial charge in [-0.05, 0) is 29.2 Å². The van der Waals surface area contributed by atoms with Gasteiger partial charge in [0.05, 0.1) is 16.4 Å². The number of fused-ring (bicyclic) bond motifs is 1. The van der Waals surface area contributed by atoms with Crippen LogP contribution in [-0.4, -0.2) is 20.9 Å². The lowest BCUT2D eigenvalue weighted by Crippen LogP contribution is -2.27. The summed E-state index contributed by atoms with van der Waals surface area (Å²) in [6.45, 7) is 5.51. The first-order valence-corrected chi connectivity index (χ1v) is 8.91. The molecule has 1 unspecified atom stereocenters. The number of rotatable bonds is 5. The minimum Gasteiger partial charge on any atom is -0.505 e. The molecule has 1 heterocycles. The number of pyridine rings is 1.